The molecule has 0 heterocycles. The molecular formula is C13H21ClOSi. The average Bonchev–Trinajstić information content (AvgIpc) is 2.14. The van der Waals surface area contributed by atoms with Gasteiger partial charge in [0.2, 0.25) is 0 Å². The Kier molecular flexibility index (Phi) is 6.79. The highest BCUT2D eigenvalue weighted by Crippen LogP contribution is 2.36. The Morgan fingerprint density at radius 1 is 1.31 bits per heavy atom. The number of halogens is 1. The van der Waals surface area contributed by atoms with Gasteiger partial charge in [0.05, 0.1) is 12.5 Å². The molecular weight excluding hydrogens is 236 g/mol. The molecule has 0 N–H and O–H groups in total. The van der Waals surface area contributed by atoms with Crippen LogP contribution in [0.4, 0.5) is 0 Å². The van der Waals surface area contributed by atoms with Gasteiger partial charge in [-0.3, -0.25) is 0 Å². The molecule has 0 unspecified atom stereocenters. The van der Waals surface area contributed by atoms with Crippen molar-refractivity contribution in [3.63, 3.8) is 0 Å². The van der Waals surface area contributed by atoms with Crippen LogP contribution in [0, 0.1) is 11.8 Å². The van der Waals surface area contributed by atoms with E-state index in [1.807, 2.05) is 6.08 Å². The molecule has 1 nitrogen and oxygen atoms in total. The summed E-state index contributed by atoms with van der Waals surface area (Å²) in [6.45, 7) is 11.8. The van der Waals surface area contributed by atoms with Crippen LogP contribution in [0.5, 0.6) is 0 Å². The van der Waals surface area contributed by atoms with E-state index in [1.54, 1.807) is 6.08 Å². The molecule has 0 rings (SSSR count). The summed E-state index contributed by atoms with van der Waals surface area (Å²) < 4.78 is 5.93. The first kappa shape index (κ1) is 15.5. The van der Waals surface area contributed by atoms with Crippen molar-refractivity contribution in [1.29, 1.82) is 0 Å². The van der Waals surface area contributed by atoms with Crippen molar-refractivity contribution in [1.82, 2.24) is 0 Å². The van der Waals surface area contributed by atoms with E-state index in [4.69, 9.17) is 16.0 Å². The van der Waals surface area contributed by atoms with Gasteiger partial charge < -0.3 is 4.43 Å². The van der Waals surface area contributed by atoms with Crippen molar-refractivity contribution in [2.45, 2.75) is 38.9 Å². The van der Waals surface area contributed by atoms with Crippen LogP contribution in [0.15, 0.2) is 17.9 Å². The van der Waals surface area contributed by atoms with Crippen LogP contribution in [0.25, 0.3) is 0 Å². The van der Waals surface area contributed by atoms with Gasteiger partial charge in [0.1, 0.15) is 0 Å². The third-order valence-electron chi connectivity index (χ3n) is 2.78. The van der Waals surface area contributed by atoms with Gasteiger partial charge in [0.15, 0.2) is 8.32 Å². The number of rotatable bonds is 3. The maximum absolute atomic E-state index is 5.93. The zero-order chi connectivity index (χ0) is 12.7. The van der Waals surface area contributed by atoms with Gasteiger partial charge >= 0.3 is 0 Å². The number of hydrogen-bond donors (Lipinski definition) is 0. The predicted octanol–water partition coefficient (Wildman–Crippen LogP) is 3.96. The largest absolute Gasteiger partial charge is 0.413 e. The van der Waals surface area contributed by atoms with E-state index in [0.29, 0.717) is 12.5 Å². The molecule has 0 aromatic heterocycles. The Morgan fingerprint density at radius 3 is 2.44 bits per heavy atom. The summed E-state index contributed by atoms with van der Waals surface area (Å²) in [5.41, 5.74) is 2.96. The lowest BCUT2D eigenvalue weighted by Crippen LogP contribution is -2.40. The van der Waals surface area contributed by atoms with E-state index in [0.717, 1.165) is 0 Å². The fourth-order valence-corrected chi connectivity index (χ4v) is 1.71. The lowest BCUT2D eigenvalue weighted by Gasteiger charge is -2.35. The van der Waals surface area contributed by atoms with Crippen LogP contribution in [0.2, 0.25) is 18.1 Å². The molecule has 0 aromatic carbocycles. The Labute approximate surface area is 106 Å². The van der Waals surface area contributed by atoms with Crippen LogP contribution in [0.3, 0.4) is 0 Å². The summed E-state index contributed by atoms with van der Waals surface area (Å²) in [5, 5.41) is 0.253. The second-order valence-corrected chi connectivity index (χ2v) is 10.1. The van der Waals surface area contributed by atoms with Gasteiger partial charge in [-0.15, -0.1) is 17.3 Å². The molecule has 0 saturated carbocycles. The molecule has 0 saturated heterocycles. The van der Waals surface area contributed by atoms with Crippen LogP contribution in [-0.4, -0.2) is 20.8 Å². The minimum atomic E-state index is -1.62. The summed E-state index contributed by atoms with van der Waals surface area (Å²) in [7, 11) is -1.62. The molecule has 0 fully saturated rings. The van der Waals surface area contributed by atoms with Gasteiger partial charge in [-0.1, -0.05) is 32.6 Å². The molecule has 0 amide bonds. The first-order valence-corrected chi connectivity index (χ1v) is 8.83. The molecule has 3 heteroatoms. The maximum Gasteiger partial charge on any atom is 0.192 e. The van der Waals surface area contributed by atoms with Crippen molar-refractivity contribution < 1.29 is 4.43 Å². The third-order valence-corrected chi connectivity index (χ3v) is 7.41. The SMILES string of the molecule is CC(C)(C)[Si](C)(C)OCC=C=CC#CCCl. The molecule has 0 aliphatic heterocycles. The molecule has 0 aliphatic carbocycles. The summed E-state index contributed by atoms with van der Waals surface area (Å²) in [6, 6.07) is 0. The third kappa shape index (κ3) is 6.20. The summed E-state index contributed by atoms with van der Waals surface area (Å²) in [5.74, 6) is 5.85. The van der Waals surface area contributed by atoms with Gasteiger partial charge in [0, 0.05) is 6.08 Å². The van der Waals surface area contributed by atoms with E-state index in [2.05, 4.69) is 51.4 Å². The van der Waals surface area contributed by atoms with Gasteiger partial charge in [-0.05, 0) is 24.2 Å². The van der Waals surface area contributed by atoms with E-state index in [-0.39, 0.29) is 5.04 Å². The van der Waals surface area contributed by atoms with Crippen molar-refractivity contribution in [3.8, 4) is 11.8 Å². The predicted molar refractivity (Wildman–Crippen MR) is 74.3 cm³/mol. The average molecular weight is 257 g/mol. The fraction of sp³-hybridized carbons (Fsp3) is 0.615. The van der Waals surface area contributed by atoms with Crippen LogP contribution >= 0.6 is 11.6 Å². The zero-order valence-electron chi connectivity index (χ0n) is 10.9. The minimum absolute atomic E-state index is 0.253. The highest BCUT2D eigenvalue weighted by Gasteiger charge is 2.36. The van der Waals surface area contributed by atoms with E-state index in [1.165, 1.54) is 0 Å². The Bertz CT molecular complexity index is 322. The van der Waals surface area contributed by atoms with E-state index >= 15 is 0 Å². The normalized spacial score (nSPS) is 11.1. The number of alkyl halides is 1. The lowest BCUT2D eigenvalue weighted by atomic mass is 10.2. The molecule has 0 spiro atoms. The van der Waals surface area contributed by atoms with Gasteiger partial charge in [-0.25, -0.2) is 0 Å². The summed E-state index contributed by atoms with van der Waals surface area (Å²) in [6.07, 6.45) is 3.53. The Hall–Kier alpha value is -0.453. The second kappa shape index (κ2) is 6.99. The quantitative estimate of drug-likeness (QED) is 0.321. The van der Waals surface area contributed by atoms with Crippen molar-refractivity contribution in [3.05, 3.63) is 17.9 Å². The second-order valence-electron chi connectivity index (χ2n) is 5.04. The standard InChI is InChI=1S/C13H21ClOSi/c1-13(2,3)16(4,5)15-12-10-8-6-7-9-11-14/h6,10H,11-12H2,1-5H3. The summed E-state index contributed by atoms with van der Waals surface area (Å²) in [4.78, 5) is 0. The van der Waals surface area contributed by atoms with Crippen LogP contribution in [-0.2, 0) is 4.43 Å². The molecule has 16 heavy (non-hydrogen) atoms. The van der Waals surface area contributed by atoms with E-state index < -0.39 is 8.32 Å². The van der Waals surface area contributed by atoms with Crippen LogP contribution in [0.1, 0.15) is 20.8 Å². The number of hydrogen-bond acceptors (Lipinski definition) is 1. The van der Waals surface area contributed by atoms with Crippen molar-refractivity contribution in [2.24, 2.45) is 0 Å². The molecule has 0 radical (unpaired) electrons. The smallest absolute Gasteiger partial charge is 0.192 e. The minimum Gasteiger partial charge on any atom is -0.413 e. The maximum atomic E-state index is 5.93. The summed E-state index contributed by atoms with van der Waals surface area (Å²) >= 11 is 5.40. The monoisotopic (exact) mass is 256 g/mol. The van der Waals surface area contributed by atoms with Crippen LogP contribution < -0.4 is 0 Å². The zero-order valence-corrected chi connectivity index (χ0v) is 12.6. The fourth-order valence-electron chi connectivity index (χ4n) is 0.705. The highest BCUT2D eigenvalue weighted by atomic mass is 35.5. The molecule has 0 bridgehead atoms. The molecule has 90 valence electrons. The molecule has 0 aromatic rings. The van der Waals surface area contributed by atoms with Crippen molar-refractivity contribution in [2.75, 3.05) is 12.5 Å². The lowest BCUT2D eigenvalue weighted by molar-refractivity contribution is 0.328. The first-order chi connectivity index (χ1) is 7.31. The van der Waals surface area contributed by atoms with E-state index in [9.17, 15) is 0 Å². The molecule has 0 aliphatic rings. The first-order valence-electron chi connectivity index (χ1n) is 5.39. The topological polar surface area (TPSA) is 9.23 Å². The Balaban J connectivity index is 4.13. The highest BCUT2D eigenvalue weighted by molar-refractivity contribution is 6.74. The Morgan fingerprint density at radius 2 is 1.94 bits per heavy atom. The molecule has 0 atom stereocenters. The van der Waals surface area contributed by atoms with Gasteiger partial charge in [0.25, 0.3) is 0 Å². The van der Waals surface area contributed by atoms with Crippen molar-refractivity contribution >= 4 is 19.9 Å². The van der Waals surface area contributed by atoms with Gasteiger partial charge in [-0.2, -0.15) is 0 Å².